The van der Waals surface area contributed by atoms with Crippen molar-refractivity contribution in [1.29, 1.82) is 0 Å². The van der Waals surface area contributed by atoms with Crippen molar-refractivity contribution in [3.05, 3.63) is 47.5 Å². The summed E-state index contributed by atoms with van der Waals surface area (Å²) < 4.78 is 25.9. The Bertz CT molecular complexity index is 513. The first kappa shape index (κ1) is 11.3. The van der Waals surface area contributed by atoms with Crippen LogP contribution in [0.5, 0.6) is 0 Å². The van der Waals surface area contributed by atoms with Crippen molar-refractivity contribution in [2.75, 3.05) is 11.1 Å². The second kappa shape index (κ2) is 4.73. The van der Waals surface area contributed by atoms with Crippen molar-refractivity contribution in [1.82, 2.24) is 10.2 Å². The van der Waals surface area contributed by atoms with Crippen LogP contribution in [0.4, 0.5) is 20.4 Å². The predicted molar refractivity (Wildman–Crippen MR) is 60.1 cm³/mol. The minimum absolute atomic E-state index is 0.199. The quantitative estimate of drug-likeness (QED) is 0.854. The van der Waals surface area contributed by atoms with Gasteiger partial charge in [0.05, 0.1) is 0 Å². The third-order valence-electron chi connectivity index (χ3n) is 2.16. The van der Waals surface area contributed by atoms with Gasteiger partial charge < -0.3 is 11.1 Å². The molecule has 1 aromatic heterocycles. The zero-order valence-electron chi connectivity index (χ0n) is 8.82. The van der Waals surface area contributed by atoms with Crippen LogP contribution in [0.1, 0.15) is 5.56 Å². The summed E-state index contributed by atoms with van der Waals surface area (Å²) in [7, 11) is 0. The van der Waals surface area contributed by atoms with Crippen LogP contribution in [-0.2, 0) is 6.54 Å². The predicted octanol–water partition coefficient (Wildman–Crippen LogP) is 1.95. The molecule has 0 amide bonds. The summed E-state index contributed by atoms with van der Waals surface area (Å²) >= 11 is 0. The summed E-state index contributed by atoms with van der Waals surface area (Å²) in [6, 6.07) is 6.63. The fourth-order valence-corrected chi connectivity index (χ4v) is 1.29. The van der Waals surface area contributed by atoms with Crippen molar-refractivity contribution < 1.29 is 8.78 Å². The van der Waals surface area contributed by atoms with E-state index in [-0.39, 0.29) is 6.54 Å². The van der Waals surface area contributed by atoms with E-state index in [4.69, 9.17) is 5.73 Å². The van der Waals surface area contributed by atoms with Gasteiger partial charge in [-0.3, -0.25) is 0 Å². The van der Waals surface area contributed by atoms with Gasteiger partial charge >= 0.3 is 0 Å². The highest BCUT2D eigenvalue weighted by atomic mass is 19.1. The average molecular weight is 236 g/mol. The summed E-state index contributed by atoms with van der Waals surface area (Å²) in [5, 5.41) is 10.3. The van der Waals surface area contributed by atoms with Crippen LogP contribution in [0, 0.1) is 11.6 Å². The van der Waals surface area contributed by atoms with E-state index in [2.05, 4.69) is 15.5 Å². The van der Waals surface area contributed by atoms with Crippen molar-refractivity contribution in [2.24, 2.45) is 0 Å². The van der Waals surface area contributed by atoms with Gasteiger partial charge in [-0.25, -0.2) is 8.78 Å². The van der Waals surface area contributed by atoms with Gasteiger partial charge in [0.2, 0.25) is 0 Å². The van der Waals surface area contributed by atoms with Gasteiger partial charge in [-0.2, -0.15) is 0 Å². The Kier molecular flexibility index (Phi) is 3.13. The molecule has 0 aliphatic rings. The van der Waals surface area contributed by atoms with E-state index in [0.717, 1.165) is 6.07 Å². The number of hydrogen-bond donors (Lipinski definition) is 2. The second-order valence-electron chi connectivity index (χ2n) is 3.43. The van der Waals surface area contributed by atoms with E-state index in [1.807, 2.05) is 0 Å². The van der Waals surface area contributed by atoms with Crippen molar-refractivity contribution in [3.8, 4) is 0 Å². The number of rotatable bonds is 3. The molecule has 0 saturated carbocycles. The number of nitrogens with two attached hydrogens (primary N) is 1. The highest BCUT2D eigenvalue weighted by molar-refractivity contribution is 5.39. The molecule has 1 heterocycles. The van der Waals surface area contributed by atoms with Crippen LogP contribution in [0.15, 0.2) is 30.3 Å². The maximum absolute atomic E-state index is 13.3. The summed E-state index contributed by atoms with van der Waals surface area (Å²) in [4.78, 5) is 0. The first-order valence-corrected chi connectivity index (χ1v) is 4.92. The molecule has 0 radical (unpaired) electrons. The van der Waals surface area contributed by atoms with Crippen LogP contribution in [0.25, 0.3) is 0 Å². The molecule has 0 bridgehead atoms. The Balaban J connectivity index is 2.04. The van der Waals surface area contributed by atoms with Gasteiger partial charge in [0.1, 0.15) is 23.3 Å². The Morgan fingerprint density at radius 1 is 1.12 bits per heavy atom. The molecule has 0 aliphatic heterocycles. The van der Waals surface area contributed by atoms with Crippen LogP contribution in [-0.4, -0.2) is 10.2 Å². The minimum atomic E-state index is -0.599. The first-order chi connectivity index (χ1) is 8.15. The lowest BCUT2D eigenvalue weighted by Crippen LogP contribution is -2.05. The highest BCUT2D eigenvalue weighted by Gasteiger charge is 2.03. The number of aromatic nitrogens is 2. The molecule has 2 rings (SSSR count). The molecule has 0 fully saturated rings. The molecule has 0 saturated heterocycles. The van der Waals surface area contributed by atoms with Crippen molar-refractivity contribution in [2.45, 2.75) is 6.54 Å². The lowest BCUT2D eigenvalue weighted by Gasteiger charge is -2.06. The topological polar surface area (TPSA) is 63.8 Å². The number of nitrogens with one attached hydrogen (secondary N) is 1. The minimum Gasteiger partial charge on any atom is -0.382 e. The molecule has 6 heteroatoms. The first-order valence-electron chi connectivity index (χ1n) is 4.92. The van der Waals surface area contributed by atoms with Crippen LogP contribution >= 0.6 is 0 Å². The van der Waals surface area contributed by atoms with Gasteiger partial charge in [-0.1, -0.05) is 6.07 Å². The Hall–Kier alpha value is -2.24. The largest absolute Gasteiger partial charge is 0.382 e. The Labute approximate surface area is 96.5 Å². The molecular weight excluding hydrogens is 226 g/mol. The molecule has 0 spiro atoms. The summed E-state index contributed by atoms with van der Waals surface area (Å²) in [6.45, 7) is 0.199. The summed E-state index contributed by atoms with van der Waals surface area (Å²) in [6.07, 6.45) is 0. The second-order valence-corrected chi connectivity index (χ2v) is 3.43. The maximum Gasteiger partial charge on any atom is 0.149 e. The van der Waals surface area contributed by atoms with Gasteiger partial charge in [0.25, 0.3) is 0 Å². The van der Waals surface area contributed by atoms with Gasteiger partial charge in [-0.05, 0) is 18.2 Å². The number of anilines is 2. The van der Waals surface area contributed by atoms with Gasteiger partial charge in [0.15, 0.2) is 0 Å². The molecule has 0 aliphatic carbocycles. The lowest BCUT2D eigenvalue weighted by molar-refractivity contribution is 0.574. The fraction of sp³-hybridized carbons (Fsp3) is 0.0909. The molecule has 0 unspecified atom stereocenters. The van der Waals surface area contributed by atoms with E-state index >= 15 is 0 Å². The monoisotopic (exact) mass is 236 g/mol. The molecular formula is C11H10F2N4. The number of nitrogen functional groups attached to an aromatic ring is 1. The molecule has 88 valence electrons. The van der Waals surface area contributed by atoms with Crippen molar-refractivity contribution in [3.63, 3.8) is 0 Å². The van der Waals surface area contributed by atoms with E-state index in [1.54, 1.807) is 12.1 Å². The molecule has 17 heavy (non-hydrogen) atoms. The van der Waals surface area contributed by atoms with Crippen molar-refractivity contribution >= 4 is 11.6 Å². The third kappa shape index (κ3) is 2.87. The average Bonchev–Trinajstić information content (AvgIpc) is 2.30. The fourth-order valence-electron chi connectivity index (χ4n) is 1.29. The number of halogens is 2. The zero-order chi connectivity index (χ0) is 12.3. The summed E-state index contributed by atoms with van der Waals surface area (Å²) in [5.41, 5.74) is 5.72. The molecule has 2 aromatic rings. The van der Waals surface area contributed by atoms with E-state index in [0.29, 0.717) is 17.2 Å². The third-order valence-corrected chi connectivity index (χ3v) is 2.16. The van der Waals surface area contributed by atoms with Gasteiger partial charge in [0, 0.05) is 18.2 Å². The standard InChI is InChI=1S/C11H10F2N4/c12-8-2-1-7(9(13)5-8)6-15-11-4-3-10(14)16-17-11/h1-5H,6H2,(H2,14,16)(H,15,17). The highest BCUT2D eigenvalue weighted by Crippen LogP contribution is 2.11. The Morgan fingerprint density at radius 3 is 2.59 bits per heavy atom. The number of benzene rings is 1. The van der Waals surface area contributed by atoms with Crippen LogP contribution in [0.3, 0.4) is 0 Å². The van der Waals surface area contributed by atoms with E-state index in [9.17, 15) is 8.78 Å². The number of nitrogens with zero attached hydrogens (tertiary/aromatic N) is 2. The van der Waals surface area contributed by atoms with Crippen LogP contribution in [0.2, 0.25) is 0 Å². The lowest BCUT2D eigenvalue weighted by atomic mass is 10.2. The number of hydrogen-bond acceptors (Lipinski definition) is 4. The molecule has 1 aromatic carbocycles. The maximum atomic E-state index is 13.3. The SMILES string of the molecule is Nc1ccc(NCc2ccc(F)cc2F)nn1. The normalized spacial score (nSPS) is 10.2. The van der Waals surface area contributed by atoms with E-state index < -0.39 is 11.6 Å². The molecule has 0 atom stereocenters. The molecule has 3 N–H and O–H groups in total. The van der Waals surface area contributed by atoms with E-state index in [1.165, 1.54) is 12.1 Å². The van der Waals surface area contributed by atoms with Crippen LogP contribution < -0.4 is 11.1 Å². The Morgan fingerprint density at radius 2 is 1.94 bits per heavy atom. The summed E-state index contributed by atoms with van der Waals surface area (Å²) in [5.74, 6) is -0.411. The zero-order valence-corrected chi connectivity index (χ0v) is 8.82. The smallest absolute Gasteiger partial charge is 0.149 e. The van der Waals surface area contributed by atoms with Gasteiger partial charge in [-0.15, -0.1) is 10.2 Å². The molecule has 4 nitrogen and oxygen atoms in total.